The number of hydrogen-bond acceptors (Lipinski definition) is 2. The second-order valence-electron chi connectivity index (χ2n) is 4.30. The summed E-state index contributed by atoms with van der Waals surface area (Å²) < 4.78 is 15.8. The molecular formula is C14H15BrFN3. The smallest absolute Gasteiger partial charge is 0.207 e. The second-order valence-corrected chi connectivity index (χ2v) is 5.15. The van der Waals surface area contributed by atoms with E-state index in [2.05, 4.69) is 32.8 Å². The molecule has 0 aliphatic heterocycles. The molecule has 0 amide bonds. The summed E-state index contributed by atoms with van der Waals surface area (Å²) in [6, 6.07) is 3.26. The highest BCUT2D eigenvalue weighted by molar-refractivity contribution is 9.10. The summed E-state index contributed by atoms with van der Waals surface area (Å²) in [4.78, 5) is 4.41. The molecule has 2 aromatic rings. The summed E-state index contributed by atoms with van der Waals surface area (Å²) in [5.74, 6) is 0.456. The number of nitrogens with zero attached hydrogens (tertiary/aromatic N) is 2. The normalized spacial score (nSPS) is 10.5. The zero-order valence-corrected chi connectivity index (χ0v) is 12.5. The Labute approximate surface area is 120 Å². The molecule has 0 aliphatic rings. The number of imidazole rings is 1. The van der Waals surface area contributed by atoms with Crippen LogP contribution in [0.4, 0.5) is 10.3 Å². The first-order valence-electron chi connectivity index (χ1n) is 5.89. The topological polar surface area (TPSA) is 29.9 Å². The lowest BCUT2D eigenvalue weighted by Gasteiger charge is -2.12. The molecule has 5 heteroatoms. The summed E-state index contributed by atoms with van der Waals surface area (Å²) in [7, 11) is 0. The maximum absolute atomic E-state index is 13.5. The van der Waals surface area contributed by atoms with Gasteiger partial charge in [-0.3, -0.25) is 4.57 Å². The van der Waals surface area contributed by atoms with Crippen molar-refractivity contribution in [1.82, 2.24) is 9.55 Å². The van der Waals surface area contributed by atoms with E-state index in [0.717, 1.165) is 22.9 Å². The van der Waals surface area contributed by atoms with Gasteiger partial charge in [0, 0.05) is 12.7 Å². The highest BCUT2D eigenvalue weighted by Crippen LogP contribution is 2.26. The van der Waals surface area contributed by atoms with Crippen LogP contribution in [0.2, 0.25) is 0 Å². The fourth-order valence-corrected chi connectivity index (χ4v) is 2.20. The third-order valence-electron chi connectivity index (χ3n) is 2.73. The first-order valence-corrected chi connectivity index (χ1v) is 6.69. The van der Waals surface area contributed by atoms with Crippen molar-refractivity contribution in [3.05, 3.63) is 52.5 Å². The van der Waals surface area contributed by atoms with E-state index in [1.807, 2.05) is 24.6 Å². The van der Waals surface area contributed by atoms with Crippen LogP contribution < -0.4 is 5.32 Å². The fraction of sp³-hybridized carbons (Fsp3) is 0.214. The second kappa shape index (κ2) is 5.57. The highest BCUT2D eigenvalue weighted by atomic mass is 79.9. The molecule has 1 aromatic heterocycles. The van der Waals surface area contributed by atoms with Gasteiger partial charge in [0.1, 0.15) is 5.82 Å². The summed E-state index contributed by atoms with van der Waals surface area (Å²) in [6.07, 6.45) is 3.68. The first-order chi connectivity index (χ1) is 9.02. The van der Waals surface area contributed by atoms with Gasteiger partial charge in [-0.1, -0.05) is 6.08 Å². The minimum Gasteiger partial charge on any atom is -0.352 e. The Morgan fingerprint density at radius 3 is 2.89 bits per heavy atom. The standard InChI is InChI=1S/C14H15BrFN3/c1-4-5-17-14-18-10(3)8-19(14)13-7-11(15)12(16)6-9(13)2/h4,6-8H,1,5H2,2-3H3,(H,17,18). The molecule has 3 nitrogen and oxygen atoms in total. The molecular weight excluding hydrogens is 309 g/mol. The molecule has 0 spiro atoms. The van der Waals surface area contributed by atoms with Gasteiger partial charge in [0.2, 0.25) is 5.95 Å². The minimum atomic E-state index is -0.265. The number of nitrogens with one attached hydrogen (secondary N) is 1. The number of aryl methyl sites for hydroxylation is 2. The molecule has 0 aliphatic carbocycles. The van der Waals surface area contributed by atoms with Crippen LogP contribution in [0.25, 0.3) is 5.69 Å². The molecule has 1 aromatic carbocycles. The maximum Gasteiger partial charge on any atom is 0.207 e. The van der Waals surface area contributed by atoms with Gasteiger partial charge in [0.05, 0.1) is 15.9 Å². The molecule has 100 valence electrons. The van der Waals surface area contributed by atoms with Crippen LogP contribution in [0.3, 0.4) is 0 Å². The van der Waals surface area contributed by atoms with Crippen molar-refractivity contribution in [2.45, 2.75) is 13.8 Å². The van der Waals surface area contributed by atoms with E-state index in [0.29, 0.717) is 11.0 Å². The monoisotopic (exact) mass is 323 g/mol. The molecule has 0 saturated carbocycles. The molecule has 0 bridgehead atoms. The van der Waals surface area contributed by atoms with Crippen LogP contribution in [0.15, 0.2) is 35.5 Å². The zero-order valence-electron chi connectivity index (χ0n) is 10.9. The molecule has 0 saturated heterocycles. The Kier molecular flexibility index (Phi) is 4.04. The highest BCUT2D eigenvalue weighted by Gasteiger charge is 2.11. The SMILES string of the molecule is C=CCNc1nc(C)cn1-c1cc(Br)c(F)cc1C. The van der Waals surface area contributed by atoms with Gasteiger partial charge in [0.25, 0.3) is 0 Å². The van der Waals surface area contributed by atoms with Crippen LogP contribution >= 0.6 is 15.9 Å². The predicted octanol–water partition coefficient (Wildman–Crippen LogP) is 3.99. The number of rotatable bonds is 4. The van der Waals surface area contributed by atoms with Crippen LogP contribution in [-0.4, -0.2) is 16.1 Å². The van der Waals surface area contributed by atoms with Crippen LogP contribution in [0.1, 0.15) is 11.3 Å². The van der Waals surface area contributed by atoms with Gasteiger partial charge < -0.3 is 5.32 Å². The third kappa shape index (κ3) is 2.87. The van der Waals surface area contributed by atoms with Gasteiger partial charge in [0.15, 0.2) is 0 Å². The Morgan fingerprint density at radius 1 is 1.47 bits per heavy atom. The molecule has 2 rings (SSSR count). The number of hydrogen-bond donors (Lipinski definition) is 1. The van der Waals surface area contributed by atoms with Gasteiger partial charge in [-0.25, -0.2) is 9.37 Å². The van der Waals surface area contributed by atoms with Crippen molar-refractivity contribution < 1.29 is 4.39 Å². The molecule has 0 radical (unpaired) electrons. The average Bonchev–Trinajstić information content (AvgIpc) is 2.72. The molecule has 0 unspecified atom stereocenters. The van der Waals surface area contributed by atoms with E-state index in [1.165, 1.54) is 6.07 Å². The largest absolute Gasteiger partial charge is 0.352 e. The Hall–Kier alpha value is -1.62. The van der Waals surface area contributed by atoms with E-state index in [-0.39, 0.29) is 5.82 Å². The van der Waals surface area contributed by atoms with E-state index >= 15 is 0 Å². The summed E-state index contributed by atoms with van der Waals surface area (Å²) >= 11 is 3.22. The van der Waals surface area contributed by atoms with Crippen LogP contribution in [-0.2, 0) is 0 Å². The summed E-state index contributed by atoms with van der Waals surface area (Å²) in [6.45, 7) is 8.09. The Balaban J connectivity index is 2.52. The lowest BCUT2D eigenvalue weighted by Crippen LogP contribution is -2.07. The van der Waals surface area contributed by atoms with Crippen LogP contribution in [0, 0.1) is 19.7 Å². The minimum absolute atomic E-state index is 0.265. The Morgan fingerprint density at radius 2 is 2.21 bits per heavy atom. The van der Waals surface area contributed by atoms with E-state index < -0.39 is 0 Å². The lowest BCUT2D eigenvalue weighted by molar-refractivity contribution is 0.619. The lowest BCUT2D eigenvalue weighted by atomic mass is 10.2. The van der Waals surface area contributed by atoms with Crippen molar-refractivity contribution in [1.29, 1.82) is 0 Å². The number of anilines is 1. The maximum atomic E-state index is 13.5. The third-order valence-corrected chi connectivity index (χ3v) is 3.34. The number of aromatic nitrogens is 2. The summed E-state index contributed by atoms with van der Waals surface area (Å²) in [5.41, 5.74) is 2.63. The number of halogens is 2. The van der Waals surface area contributed by atoms with Crippen molar-refractivity contribution in [3.8, 4) is 5.69 Å². The predicted molar refractivity (Wildman–Crippen MR) is 79.4 cm³/mol. The van der Waals surface area contributed by atoms with Gasteiger partial charge in [-0.2, -0.15) is 0 Å². The van der Waals surface area contributed by atoms with Crippen molar-refractivity contribution >= 4 is 21.9 Å². The molecule has 1 heterocycles. The molecule has 1 N–H and O–H groups in total. The van der Waals surface area contributed by atoms with Crippen molar-refractivity contribution in [3.63, 3.8) is 0 Å². The first kappa shape index (κ1) is 13.8. The average molecular weight is 324 g/mol. The van der Waals surface area contributed by atoms with E-state index in [1.54, 1.807) is 12.1 Å². The van der Waals surface area contributed by atoms with Crippen LogP contribution in [0.5, 0.6) is 0 Å². The molecule has 0 fully saturated rings. The quantitative estimate of drug-likeness (QED) is 0.862. The van der Waals surface area contributed by atoms with Crippen molar-refractivity contribution in [2.24, 2.45) is 0 Å². The van der Waals surface area contributed by atoms with E-state index in [9.17, 15) is 4.39 Å². The van der Waals surface area contributed by atoms with E-state index in [4.69, 9.17) is 0 Å². The van der Waals surface area contributed by atoms with Gasteiger partial charge in [-0.15, -0.1) is 6.58 Å². The molecule has 0 atom stereocenters. The molecule has 19 heavy (non-hydrogen) atoms. The zero-order chi connectivity index (χ0) is 14.0. The Bertz CT molecular complexity index is 619. The van der Waals surface area contributed by atoms with Gasteiger partial charge in [-0.05, 0) is 47.5 Å². The van der Waals surface area contributed by atoms with Gasteiger partial charge >= 0.3 is 0 Å². The summed E-state index contributed by atoms with van der Waals surface area (Å²) in [5, 5.41) is 3.17. The fourth-order valence-electron chi connectivity index (χ4n) is 1.86. The number of benzene rings is 1. The van der Waals surface area contributed by atoms with Crippen molar-refractivity contribution in [2.75, 3.05) is 11.9 Å².